The van der Waals surface area contributed by atoms with Crippen molar-refractivity contribution in [1.82, 2.24) is 0 Å². The lowest BCUT2D eigenvalue weighted by Crippen LogP contribution is -1.97. The Kier molecular flexibility index (Phi) is 3.57. The first-order valence-electron chi connectivity index (χ1n) is 5.48. The molecule has 18 heavy (non-hydrogen) atoms. The molecule has 2 aromatic rings. The molecule has 0 unspecified atom stereocenters. The van der Waals surface area contributed by atoms with E-state index in [0.717, 1.165) is 11.7 Å². The van der Waals surface area contributed by atoms with Gasteiger partial charge in [0.2, 0.25) is 0 Å². The van der Waals surface area contributed by atoms with Crippen molar-refractivity contribution < 1.29 is 13.9 Å². The number of aldehydes is 1. The van der Waals surface area contributed by atoms with E-state index in [1.54, 1.807) is 31.2 Å². The number of benzene rings is 1. The van der Waals surface area contributed by atoms with Crippen molar-refractivity contribution in [2.24, 2.45) is 0 Å². The van der Waals surface area contributed by atoms with Gasteiger partial charge in [0.15, 0.2) is 0 Å². The molecule has 0 saturated carbocycles. The zero-order chi connectivity index (χ0) is 13.0. The van der Waals surface area contributed by atoms with Gasteiger partial charge in [-0.15, -0.1) is 0 Å². The minimum Gasteiger partial charge on any atom is -0.489 e. The molecule has 1 aromatic heterocycles. The summed E-state index contributed by atoms with van der Waals surface area (Å²) in [7, 11) is 0. The zero-order valence-electron chi connectivity index (χ0n) is 9.88. The van der Waals surface area contributed by atoms with E-state index in [9.17, 15) is 9.59 Å². The molecular weight excluding hydrogens is 232 g/mol. The van der Waals surface area contributed by atoms with Gasteiger partial charge in [0.25, 0.3) is 0 Å². The lowest BCUT2D eigenvalue weighted by atomic mass is 10.2. The molecule has 1 aromatic carbocycles. The van der Waals surface area contributed by atoms with Crippen LogP contribution in [0.25, 0.3) is 11.0 Å². The lowest BCUT2D eigenvalue weighted by molar-refractivity contribution is -0.104. The largest absolute Gasteiger partial charge is 0.489 e. The maximum Gasteiger partial charge on any atom is 0.336 e. The van der Waals surface area contributed by atoms with Crippen molar-refractivity contribution in [2.75, 3.05) is 6.61 Å². The molecule has 4 heteroatoms. The summed E-state index contributed by atoms with van der Waals surface area (Å²) in [4.78, 5) is 21.5. The molecule has 0 spiro atoms. The van der Waals surface area contributed by atoms with Gasteiger partial charge in [-0.3, -0.25) is 4.79 Å². The molecule has 0 bridgehead atoms. The monoisotopic (exact) mass is 244 g/mol. The van der Waals surface area contributed by atoms with Gasteiger partial charge in [-0.05, 0) is 36.8 Å². The summed E-state index contributed by atoms with van der Waals surface area (Å²) in [5.41, 5.74) is 0.703. The Balaban J connectivity index is 2.19. The quantitative estimate of drug-likeness (QED) is 0.470. The van der Waals surface area contributed by atoms with Crippen molar-refractivity contribution in [1.29, 1.82) is 0 Å². The number of fused-ring (bicyclic) bond motifs is 1. The van der Waals surface area contributed by atoms with Crippen LogP contribution in [0, 0.1) is 0 Å². The number of hydrogen-bond acceptors (Lipinski definition) is 4. The number of carbonyl (C=O) groups excluding carboxylic acids is 1. The summed E-state index contributed by atoms with van der Waals surface area (Å²) in [5, 5.41) is 0.835. The minimum atomic E-state index is -0.392. The molecule has 0 amide bonds. The van der Waals surface area contributed by atoms with Crippen LogP contribution >= 0.6 is 0 Å². The average Bonchev–Trinajstić information content (AvgIpc) is 2.38. The highest BCUT2D eigenvalue weighted by atomic mass is 16.5. The van der Waals surface area contributed by atoms with Crippen LogP contribution in [0.15, 0.2) is 51.2 Å². The van der Waals surface area contributed by atoms with E-state index in [-0.39, 0.29) is 0 Å². The minimum absolute atomic E-state index is 0.299. The van der Waals surface area contributed by atoms with E-state index in [1.165, 1.54) is 6.07 Å². The van der Waals surface area contributed by atoms with Gasteiger partial charge in [0, 0.05) is 17.5 Å². The van der Waals surface area contributed by atoms with Gasteiger partial charge in [-0.1, -0.05) is 0 Å². The summed E-state index contributed by atoms with van der Waals surface area (Å²) >= 11 is 0. The molecule has 92 valence electrons. The van der Waals surface area contributed by atoms with E-state index in [0.29, 0.717) is 23.5 Å². The summed E-state index contributed by atoms with van der Waals surface area (Å²) in [6.07, 6.45) is 2.45. The third kappa shape index (κ3) is 2.85. The van der Waals surface area contributed by atoms with Crippen LogP contribution in [0.4, 0.5) is 0 Å². The molecule has 0 aliphatic heterocycles. The number of rotatable bonds is 4. The Labute approximate surface area is 103 Å². The number of allylic oxidation sites excluding steroid dienone is 1. The fourth-order valence-corrected chi connectivity index (χ4v) is 1.45. The molecular formula is C14H12O4. The highest BCUT2D eigenvalue weighted by molar-refractivity contribution is 5.77. The second-order valence-corrected chi connectivity index (χ2v) is 3.83. The highest BCUT2D eigenvalue weighted by Gasteiger charge is 1.99. The molecule has 0 atom stereocenters. The first kappa shape index (κ1) is 12.1. The van der Waals surface area contributed by atoms with E-state index in [4.69, 9.17) is 9.15 Å². The Morgan fingerprint density at radius 3 is 2.89 bits per heavy atom. The van der Waals surface area contributed by atoms with Crippen LogP contribution in [0.1, 0.15) is 6.92 Å². The molecule has 1 heterocycles. The topological polar surface area (TPSA) is 56.5 Å². The Bertz CT molecular complexity index is 652. The van der Waals surface area contributed by atoms with Crippen LogP contribution in [0.2, 0.25) is 0 Å². The number of carbonyl (C=O) groups is 1. The second-order valence-electron chi connectivity index (χ2n) is 3.83. The molecule has 4 nitrogen and oxygen atoms in total. The SMILES string of the molecule is C/C(C=O)=C/COc1ccc2ccc(=O)oc2c1. The average molecular weight is 244 g/mol. The summed E-state index contributed by atoms with van der Waals surface area (Å²) in [6, 6.07) is 8.32. The van der Waals surface area contributed by atoms with Crippen molar-refractivity contribution in [3.63, 3.8) is 0 Å². The molecule has 0 saturated heterocycles. The van der Waals surface area contributed by atoms with Crippen LogP contribution in [0.5, 0.6) is 5.75 Å². The summed E-state index contributed by atoms with van der Waals surface area (Å²) in [5.74, 6) is 0.590. The fraction of sp³-hybridized carbons (Fsp3) is 0.143. The fourth-order valence-electron chi connectivity index (χ4n) is 1.45. The normalized spacial score (nSPS) is 11.5. The third-order valence-corrected chi connectivity index (χ3v) is 2.44. The van der Waals surface area contributed by atoms with Crippen LogP contribution in [-0.4, -0.2) is 12.9 Å². The van der Waals surface area contributed by atoms with Crippen LogP contribution in [0.3, 0.4) is 0 Å². The van der Waals surface area contributed by atoms with Crippen molar-refractivity contribution >= 4 is 17.3 Å². The smallest absolute Gasteiger partial charge is 0.336 e. The van der Waals surface area contributed by atoms with Gasteiger partial charge < -0.3 is 9.15 Å². The van der Waals surface area contributed by atoms with Crippen LogP contribution in [-0.2, 0) is 4.79 Å². The van der Waals surface area contributed by atoms with Crippen molar-refractivity contribution in [3.8, 4) is 5.75 Å². The van der Waals surface area contributed by atoms with E-state index < -0.39 is 5.63 Å². The zero-order valence-corrected chi connectivity index (χ0v) is 9.88. The van der Waals surface area contributed by atoms with Gasteiger partial charge in [-0.2, -0.15) is 0 Å². The first-order valence-corrected chi connectivity index (χ1v) is 5.48. The van der Waals surface area contributed by atoms with Crippen LogP contribution < -0.4 is 10.4 Å². The lowest BCUT2D eigenvalue weighted by Gasteiger charge is -2.04. The third-order valence-electron chi connectivity index (χ3n) is 2.44. The number of hydrogen-bond donors (Lipinski definition) is 0. The van der Waals surface area contributed by atoms with Gasteiger partial charge in [0.05, 0.1) is 0 Å². The highest BCUT2D eigenvalue weighted by Crippen LogP contribution is 2.19. The van der Waals surface area contributed by atoms with E-state index >= 15 is 0 Å². The molecule has 0 aliphatic carbocycles. The molecule has 0 fully saturated rings. The maximum absolute atomic E-state index is 11.1. The van der Waals surface area contributed by atoms with E-state index in [1.807, 2.05) is 6.07 Å². The molecule has 2 rings (SSSR count). The molecule has 0 aliphatic rings. The van der Waals surface area contributed by atoms with Crippen molar-refractivity contribution in [3.05, 3.63) is 52.4 Å². The summed E-state index contributed by atoms with van der Waals surface area (Å²) in [6.45, 7) is 2.00. The number of ether oxygens (including phenoxy) is 1. The Hall–Kier alpha value is -2.36. The molecule has 0 N–H and O–H groups in total. The van der Waals surface area contributed by atoms with Gasteiger partial charge in [-0.25, -0.2) is 4.79 Å². The first-order chi connectivity index (χ1) is 8.69. The van der Waals surface area contributed by atoms with Gasteiger partial charge in [0.1, 0.15) is 24.2 Å². The summed E-state index contributed by atoms with van der Waals surface area (Å²) < 4.78 is 10.5. The standard InChI is InChI=1S/C14H12O4/c1-10(9-15)6-7-17-12-4-2-11-3-5-14(16)18-13(11)8-12/h2-6,8-9H,7H2,1H3/b10-6-. The molecule has 0 radical (unpaired) electrons. The Morgan fingerprint density at radius 2 is 2.11 bits per heavy atom. The predicted molar refractivity (Wildman–Crippen MR) is 67.8 cm³/mol. The van der Waals surface area contributed by atoms with Crippen molar-refractivity contribution in [2.45, 2.75) is 6.92 Å². The maximum atomic E-state index is 11.1. The van der Waals surface area contributed by atoms with Gasteiger partial charge >= 0.3 is 5.63 Å². The Morgan fingerprint density at radius 1 is 1.33 bits per heavy atom. The second kappa shape index (κ2) is 5.31. The van der Waals surface area contributed by atoms with E-state index in [2.05, 4.69) is 0 Å². The predicted octanol–water partition coefficient (Wildman–Crippen LogP) is 2.32.